The molecule has 0 N–H and O–H groups in total. The van der Waals surface area contributed by atoms with Crippen LogP contribution in [0.1, 0.15) is 264 Å². The van der Waals surface area contributed by atoms with Crippen LogP contribution in [0.25, 0.3) is 0 Å². The third-order valence-corrected chi connectivity index (χ3v) is 10.4. The minimum Gasteiger partial charge on any atom is -0.123 e. The molecule has 1 heteroatoms. The number of hydrogen-bond donors (Lipinski definition) is 0. The molecule has 0 aromatic rings. The van der Waals surface area contributed by atoms with Crippen molar-refractivity contribution in [2.75, 3.05) is 0 Å². The summed E-state index contributed by atoms with van der Waals surface area (Å²) >= 11 is 6.64. The van der Waals surface area contributed by atoms with E-state index in [0.717, 1.165) is 0 Å². The molecule has 0 heterocycles. The van der Waals surface area contributed by atoms with Gasteiger partial charge in [-0.1, -0.05) is 251 Å². The first-order chi connectivity index (χ1) is 21.3. The van der Waals surface area contributed by atoms with Gasteiger partial charge in [-0.3, -0.25) is 0 Å². The zero-order valence-electron chi connectivity index (χ0n) is 30.5. The molecule has 0 aliphatic rings. The summed E-state index contributed by atoms with van der Waals surface area (Å²) in [6, 6.07) is 0. The minimum absolute atomic E-state index is 0.437. The lowest BCUT2D eigenvalue weighted by molar-refractivity contribution is 0.511. The highest BCUT2D eigenvalue weighted by Gasteiger charge is 2.04. The van der Waals surface area contributed by atoms with Crippen molar-refractivity contribution in [3.63, 3.8) is 0 Å². The van der Waals surface area contributed by atoms with E-state index in [9.17, 15) is 0 Å². The highest BCUT2D eigenvalue weighted by molar-refractivity contribution is 6.20. The van der Waals surface area contributed by atoms with E-state index in [1.165, 1.54) is 250 Å². The SMILES string of the molecule is CCCCCCCCCCCCCCCCCCCCCC(Cl)CCCCCCCCCCCCCCCCCCCC. The van der Waals surface area contributed by atoms with Crippen molar-refractivity contribution in [2.45, 2.75) is 270 Å². The highest BCUT2D eigenvalue weighted by Crippen LogP contribution is 2.20. The second-order valence-corrected chi connectivity index (χ2v) is 15.2. The summed E-state index contributed by atoms with van der Waals surface area (Å²) in [5.41, 5.74) is 0. The van der Waals surface area contributed by atoms with Crippen molar-refractivity contribution in [2.24, 2.45) is 0 Å². The lowest BCUT2D eigenvalue weighted by Crippen LogP contribution is -1.98. The fourth-order valence-electron chi connectivity index (χ4n) is 6.86. The Balaban J connectivity index is 3.13. The molecule has 0 aromatic heterocycles. The van der Waals surface area contributed by atoms with Crippen LogP contribution in [0.4, 0.5) is 0 Å². The van der Waals surface area contributed by atoms with E-state index >= 15 is 0 Å². The molecule has 0 nitrogen and oxygen atoms in total. The summed E-state index contributed by atoms with van der Waals surface area (Å²) in [4.78, 5) is 0. The first kappa shape index (κ1) is 43.3. The van der Waals surface area contributed by atoms with Gasteiger partial charge in [-0.05, 0) is 12.8 Å². The van der Waals surface area contributed by atoms with E-state index < -0.39 is 0 Å². The van der Waals surface area contributed by atoms with E-state index in [-0.39, 0.29) is 0 Å². The predicted octanol–water partition coefficient (Wildman–Crippen LogP) is 16.8. The molecule has 260 valence electrons. The van der Waals surface area contributed by atoms with Crippen LogP contribution in [0.15, 0.2) is 0 Å². The summed E-state index contributed by atoms with van der Waals surface area (Å²) in [5.74, 6) is 0. The molecule has 0 aliphatic carbocycles. The van der Waals surface area contributed by atoms with Crippen LogP contribution in [-0.2, 0) is 0 Å². The van der Waals surface area contributed by atoms with E-state index in [1.807, 2.05) is 0 Å². The third-order valence-electron chi connectivity index (χ3n) is 9.99. The number of rotatable bonds is 39. The molecule has 1 unspecified atom stereocenters. The van der Waals surface area contributed by atoms with Crippen molar-refractivity contribution >= 4 is 11.6 Å². The largest absolute Gasteiger partial charge is 0.123 e. The van der Waals surface area contributed by atoms with Crippen LogP contribution in [-0.4, -0.2) is 5.38 Å². The molecular weight excluding hydrogens is 540 g/mol. The summed E-state index contributed by atoms with van der Waals surface area (Å²) in [7, 11) is 0. The van der Waals surface area contributed by atoms with Crippen LogP contribution < -0.4 is 0 Å². The molecule has 0 saturated carbocycles. The van der Waals surface area contributed by atoms with Gasteiger partial charge in [0.1, 0.15) is 0 Å². The normalized spacial score (nSPS) is 12.3. The summed E-state index contributed by atoms with van der Waals surface area (Å²) < 4.78 is 0. The second-order valence-electron chi connectivity index (χ2n) is 14.5. The summed E-state index contributed by atoms with van der Waals surface area (Å²) in [6.45, 7) is 4.61. The Bertz CT molecular complexity index is 460. The smallest absolute Gasteiger partial charge is 0.0336 e. The Morgan fingerprint density at radius 1 is 0.233 bits per heavy atom. The van der Waals surface area contributed by atoms with Gasteiger partial charge in [-0.15, -0.1) is 11.6 Å². The maximum atomic E-state index is 6.64. The molecule has 0 rings (SSSR count). The lowest BCUT2D eigenvalue weighted by Gasteiger charge is -2.09. The maximum absolute atomic E-state index is 6.64. The molecule has 43 heavy (non-hydrogen) atoms. The van der Waals surface area contributed by atoms with Crippen LogP contribution in [0.2, 0.25) is 0 Å². The molecule has 0 saturated heterocycles. The minimum atomic E-state index is 0.437. The number of halogens is 1. The number of alkyl halides is 1. The summed E-state index contributed by atoms with van der Waals surface area (Å²) in [6.07, 6.45) is 56.3. The first-order valence-corrected chi connectivity index (χ1v) is 21.4. The van der Waals surface area contributed by atoms with E-state index in [0.29, 0.717) is 5.38 Å². The molecule has 0 spiro atoms. The molecule has 0 bridgehead atoms. The van der Waals surface area contributed by atoms with E-state index in [2.05, 4.69) is 13.8 Å². The fourth-order valence-corrected chi connectivity index (χ4v) is 7.16. The van der Waals surface area contributed by atoms with Gasteiger partial charge >= 0.3 is 0 Å². The van der Waals surface area contributed by atoms with Gasteiger partial charge in [0.2, 0.25) is 0 Å². The maximum Gasteiger partial charge on any atom is 0.0336 e. The van der Waals surface area contributed by atoms with Crippen LogP contribution in [0, 0.1) is 0 Å². The van der Waals surface area contributed by atoms with E-state index in [1.54, 1.807) is 0 Å². The van der Waals surface area contributed by atoms with Gasteiger partial charge in [0, 0.05) is 5.38 Å². The standard InChI is InChI=1S/C42H85Cl/c1-3-5-7-9-11-13-15-17-19-21-23-25-27-29-31-33-35-37-39-41-42(43)40-38-36-34-32-30-28-26-24-22-20-18-16-14-12-10-8-6-4-2/h42H,3-41H2,1-2H3. The molecule has 0 radical (unpaired) electrons. The Kier molecular flexibility index (Phi) is 40.6. The molecule has 0 aromatic carbocycles. The predicted molar refractivity (Wildman–Crippen MR) is 201 cm³/mol. The molecule has 0 fully saturated rings. The quantitative estimate of drug-likeness (QED) is 0.0471. The topological polar surface area (TPSA) is 0 Å². The summed E-state index contributed by atoms with van der Waals surface area (Å²) in [5, 5.41) is 0.437. The Labute approximate surface area is 280 Å². The highest BCUT2D eigenvalue weighted by atomic mass is 35.5. The molecule has 0 aliphatic heterocycles. The lowest BCUT2D eigenvalue weighted by atomic mass is 10.0. The zero-order chi connectivity index (χ0) is 31.2. The zero-order valence-corrected chi connectivity index (χ0v) is 31.3. The van der Waals surface area contributed by atoms with Crippen molar-refractivity contribution < 1.29 is 0 Å². The van der Waals surface area contributed by atoms with Crippen molar-refractivity contribution in [3.8, 4) is 0 Å². The van der Waals surface area contributed by atoms with E-state index in [4.69, 9.17) is 11.6 Å². The first-order valence-electron chi connectivity index (χ1n) is 20.9. The average molecular weight is 626 g/mol. The van der Waals surface area contributed by atoms with Crippen LogP contribution in [0.3, 0.4) is 0 Å². The third kappa shape index (κ3) is 40.3. The Hall–Kier alpha value is 0.290. The monoisotopic (exact) mass is 625 g/mol. The number of unbranched alkanes of at least 4 members (excludes halogenated alkanes) is 35. The average Bonchev–Trinajstić information content (AvgIpc) is 3.01. The van der Waals surface area contributed by atoms with Crippen molar-refractivity contribution in [1.82, 2.24) is 0 Å². The van der Waals surface area contributed by atoms with Crippen molar-refractivity contribution in [3.05, 3.63) is 0 Å². The number of hydrogen-bond acceptors (Lipinski definition) is 0. The van der Waals surface area contributed by atoms with Crippen LogP contribution >= 0.6 is 11.6 Å². The van der Waals surface area contributed by atoms with Crippen molar-refractivity contribution in [1.29, 1.82) is 0 Å². The molecule has 0 amide bonds. The Morgan fingerprint density at radius 3 is 0.535 bits per heavy atom. The van der Waals surface area contributed by atoms with Gasteiger partial charge < -0.3 is 0 Å². The Morgan fingerprint density at radius 2 is 0.372 bits per heavy atom. The second kappa shape index (κ2) is 40.3. The fraction of sp³-hybridized carbons (Fsp3) is 1.00. The van der Waals surface area contributed by atoms with Gasteiger partial charge in [0.05, 0.1) is 0 Å². The van der Waals surface area contributed by atoms with Gasteiger partial charge in [-0.2, -0.15) is 0 Å². The van der Waals surface area contributed by atoms with Gasteiger partial charge in [-0.25, -0.2) is 0 Å². The molecular formula is C42H85Cl. The van der Waals surface area contributed by atoms with Gasteiger partial charge in [0.25, 0.3) is 0 Å². The van der Waals surface area contributed by atoms with Crippen LogP contribution in [0.5, 0.6) is 0 Å². The molecule has 1 atom stereocenters. The van der Waals surface area contributed by atoms with Gasteiger partial charge in [0.15, 0.2) is 0 Å².